The Labute approximate surface area is 249 Å². The third kappa shape index (κ3) is 6.63. The molecule has 1 atom stereocenters. The molecule has 0 unspecified atom stereocenters. The molecule has 1 heterocycles. The fraction of sp³-hybridized carbons (Fsp3) is 0.250. The molecule has 10 heteroatoms. The van der Waals surface area contributed by atoms with E-state index in [0.29, 0.717) is 16.1 Å². The lowest BCUT2D eigenvalue weighted by molar-refractivity contribution is 0.0940. The normalized spacial score (nSPS) is 12.4. The van der Waals surface area contributed by atoms with Gasteiger partial charge in [-0.2, -0.15) is 0 Å². The standard InChI is InChI=1S/C32H31ClF2N2O4S/c1-18(2)20-9-11-21(12-10-20)31(38)30-29(28-19(3)25(34)13-14-26(28)35)24(16-37(30)4)32(39)36-27(17-42(5,40)41)22-7-6-8-23(33)15-22/h6-16,18,27H,17H2,1-5H3,(H,36,39)/t27-/m0/s1. The minimum atomic E-state index is -3.58. The van der Waals surface area contributed by atoms with Crippen LogP contribution in [0.5, 0.6) is 0 Å². The van der Waals surface area contributed by atoms with Crippen molar-refractivity contribution >= 4 is 33.1 Å². The second-order valence-electron chi connectivity index (χ2n) is 10.7. The Bertz CT molecular complexity index is 1780. The summed E-state index contributed by atoms with van der Waals surface area (Å²) in [4.78, 5) is 27.8. The Hall–Kier alpha value is -3.82. The summed E-state index contributed by atoms with van der Waals surface area (Å²) < 4.78 is 56.2. The molecule has 0 aliphatic carbocycles. The average molecular weight is 613 g/mol. The van der Waals surface area contributed by atoms with E-state index in [4.69, 9.17) is 11.6 Å². The van der Waals surface area contributed by atoms with Gasteiger partial charge in [-0.05, 0) is 53.8 Å². The monoisotopic (exact) mass is 612 g/mol. The second-order valence-corrected chi connectivity index (χ2v) is 13.3. The first-order valence-electron chi connectivity index (χ1n) is 13.2. The molecule has 0 radical (unpaired) electrons. The van der Waals surface area contributed by atoms with Crippen molar-refractivity contribution in [3.63, 3.8) is 0 Å². The lowest BCUT2D eigenvalue weighted by Crippen LogP contribution is -2.33. The van der Waals surface area contributed by atoms with Gasteiger partial charge in [0.2, 0.25) is 5.78 Å². The zero-order chi connectivity index (χ0) is 30.9. The number of hydrogen-bond acceptors (Lipinski definition) is 4. The predicted molar refractivity (Wildman–Crippen MR) is 161 cm³/mol. The molecule has 6 nitrogen and oxygen atoms in total. The van der Waals surface area contributed by atoms with Crippen LogP contribution in [-0.4, -0.2) is 36.7 Å². The fourth-order valence-corrected chi connectivity index (χ4v) is 6.01. The molecule has 0 bridgehead atoms. The Balaban J connectivity index is 1.90. The van der Waals surface area contributed by atoms with Gasteiger partial charge >= 0.3 is 0 Å². The third-order valence-corrected chi connectivity index (χ3v) is 8.28. The highest BCUT2D eigenvalue weighted by Crippen LogP contribution is 2.37. The summed E-state index contributed by atoms with van der Waals surface area (Å²) in [6.45, 7) is 5.41. The van der Waals surface area contributed by atoms with Crippen molar-refractivity contribution in [3.05, 3.63) is 117 Å². The number of aryl methyl sites for hydroxylation is 1. The first kappa shape index (κ1) is 31.1. The molecule has 0 aliphatic heterocycles. The number of nitrogens with zero attached hydrogens (tertiary/aromatic N) is 1. The number of aromatic nitrogens is 1. The van der Waals surface area contributed by atoms with Crippen LogP contribution >= 0.6 is 11.6 Å². The smallest absolute Gasteiger partial charge is 0.253 e. The highest BCUT2D eigenvalue weighted by atomic mass is 35.5. The molecule has 0 saturated carbocycles. The summed E-state index contributed by atoms with van der Waals surface area (Å²) in [6, 6.07) is 14.3. The van der Waals surface area contributed by atoms with E-state index in [1.165, 1.54) is 30.8 Å². The average Bonchev–Trinajstić information content (AvgIpc) is 3.26. The SMILES string of the molecule is Cc1c(F)ccc(F)c1-c1c(C(=O)N[C@@H](CS(C)(=O)=O)c2cccc(Cl)c2)cn(C)c1C(=O)c1ccc(C(C)C)cc1. The molecule has 0 aliphatic rings. The van der Waals surface area contributed by atoms with Crippen molar-refractivity contribution < 1.29 is 26.8 Å². The first-order chi connectivity index (χ1) is 19.7. The summed E-state index contributed by atoms with van der Waals surface area (Å²) >= 11 is 6.13. The van der Waals surface area contributed by atoms with Crippen molar-refractivity contribution in [1.82, 2.24) is 9.88 Å². The Kier molecular flexibility index (Phi) is 9.03. The van der Waals surface area contributed by atoms with Crippen molar-refractivity contribution in [1.29, 1.82) is 0 Å². The zero-order valence-electron chi connectivity index (χ0n) is 23.8. The van der Waals surface area contributed by atoms with E-state index in [2.05, 4.69) is 5.32 Å². The molecule has 4 rings (SSSR count). The van der Waals surface area contributed by atoms with Gasteiger partial charge in [0.25, 0.3) is 5.91 Å². The lowest BCUT2D eigenvalue weighted by atomic mass is 9.92. The Morgan fingerprint density at radius 3 is 2.19 bits per heavy atom. The molecule has 0 saturated heterocycles. The molecule has 42 heavy (non-hydrogen) atoms. The first-order valence-corrected chi connectivity index (χ1v) is 15.6. The maximum atomic E-state index is 15.4. The molecule has 1 aromatic heterocycles. The molecular formula is C32H31ClF2N2O4S. The van der Waals surface area contributed by atoms with Crippen LogP contribution < -0.4 is 5.32 Å². The van der Waals surface area contributed by atoms with E-state index in [-0.39, 0.29) is 33.9 Å². The van der Waals surface area contributed by atoms with Crippen molar-refractivity contribution in [2.45, 2.75) is 32.7 Å². The van der Waals surface area contributed by atoms with E-state index >= 15 is 4.39 Å². The number of benzene rings is 3. The molecule has 0 spiro atoms. The number of amides is 1. The Morgan fingerprint density at radius 1 is 0.952 bits per heavy atom. The van der Waals surface area contributed by atoms with Crippen LogP contribution in [0.2, 0.25) is 5.02 Å². The van der Waals surface area contributed by atoms with Crippen LogP contribution in [-0.2, 0) is 16.9 Å². The van der Waals surface area contributed by atoms with E-state index < -0.39 is 45.0 Å². The van der Waals surface area contributed by atoms with Gasteiger partial charge in [-0.3, -0.25) is 9.59 Å². The predicted octanol–water partition coefficient (Wildman–Crippen LogP) is 6.80. The van der Waals surface area contributed by atoms with E-state index in [1.807, 2.05) is 26.0 Å². The van der Waals surface area contributed by atoms with Crippen molar-refractivity contribution in [3.8, 4) is 11.1 Å². The number of halogens is 3. The highest BCUT2D eigenvalue weighted by molar-refractivity contribution is 7.90. The van der Waals surface area contributed by atoms with Gasteiger partial charge in [0.1, 0.15) is 21.5 Å². The number of carbonyl (C=O) groups is 2. The molecule has 4 aromatic rings. The largest absolute Gasteiger partial charge is 0.347 e. The topological polar surface area (TPSA) is 85.2 Å². The minimum Gasteiger partial charge on any atom is -0.347 e. The Morgan fingerprint density at radius 2 is 1.60 bits per heavy atom. The van der Waals surface area contributed by atoms with Gasteiger partial charge < -0.3 is 9.88 Å². The quantitative estimate of drug-likeness (QED) is 0.211. The van der Waals surface area contributed by atoms with Crippen LogP contribution in [0.4, 0.5) is 8.78 Å². The number of rotatable bonds is 9. The van der Waals surface area contributed by atoms with Gasteiger partial charge in [0.15, 0.2) is 0 Å². The summed E-state index contributed by atoms with van der Waals surface area (Å²) in [5.74, 6) is -3.00. The van der Waals surface area contributed by atoms with Crippen LogP contribution in [0.25, 0.3) is 11.1 Å². The summed E-state index contributed by atoms with van der Waals surface area (Å²) in [7, 11) is -2.05. The zero-order valence-corrected chi connectivity index (χ0v) is 25.4. The number of carbonyl (C=O) groups excluding carboxylic acids is 2. The molecule has 1 N–H and O–H groups in total. The number of ketones is 1. The summed E-state index contributed by atoms with van der Waals surface area (Å²) in [5.41, 5.74) is 1.22. The van der Waals surface area contributed by atoms with Crippen LogP contribution in [0, 0.1) is 18.6 Å². The minimum absolute atomic E-state index is 0.0209. The number of nitrogens with one attached hydrogen (secondary N) is 1. The molecule has 1 amide bonds. The van der Waals surface area contributed by atoms with Gasteiger partial charge in [0, 0.05) is 41.2 Å². The molecule has 0 fully saturated rings. The van der Waals surface area contributed by atoms with Gasteiger partial charge in [-0.1, -0.05) is 61.8 Å². The molecule has 220 valence electrons. The van der Waals surface area contributed by atoms with Crippen LogP contribution in [0.1, 0.15) is 68.9 Å². The molecule has 3 aromatic carbocycles. The third-order valence-electron chi connectivity index (χ3n) is 7.10. The van der Waals surface area contributed by atoms with Gasteiger partial charge in [-0.25, -0.2) is 17.2 Å². The van der Waals surface area contributed by atoms with Gasteiger partial charge in [0.05, 0.1) is 23.1 Å². The lowest BCUT2D eigenvalue weighted by Gasteiger charge is -2.19. The van der Waals surface area contributed by atoms with E-state index in [1.54, 1.807) is 30.3 Å². The summed E-state index contributed by atoms with van der Waals surface area (Å²) in [6.07, 6.45) is 2.40. The highest BCUT2D eigenvalue weighted by Gasteiger charge is 2.31. The van der Waals surface area contributed by atoms with Crippen LogP contribution in [0.3, 0.4) is 0 Å². The number of hydrogen-bond donors (Lipinski definition) is 1. The van der Waals surface area contributed by atoms with Crippen LogP contribution in [0.15, 0.2) is 66.9 Å². The summed E-state index contributed by atoms with van der Waals surface area (Å²) in [5, 5.41) is 3.06. The fourth-order valence-electron chi connectivity index (χ4n) is 4.93. The molecular weight excluding hydrogens is 582 g/mol. The maximum Gasteiger partial charge on any atom is 0.253 e. The maximum absolute atomic E-state index is 15.4. The van der Waals surface area contributed by atoms with Gasteiger partial charge in [-0.15, -0.1) is 0 Å². The van der Waals surface area contributed by atoms with E-state index in [9.17, 15) is 22.4 Å². The van der Waals surface area contributed by atoms with Crippen molar-refractivity contribution in [2.75, 3.05) is 12.0 Å². The van der Waals surface area contributed by atoms with E-state index in [0.717, 1.165) is 24.0 Å². The van der Waals surface area contributed by atoms with Crippen molar-refractivity contribution in [2.24, 2.45) is 7.05 Å². The number of sulfone groups is 1. The second kappa shape index (κ2) is 12.2.